The summed E-state index contributed by atoms with van der Waals surface area (Å²) in [6.07, 6.45) is -0.663. The molecular weight excluding hydrogens is 298 g/mol. The van der Waals surface area contributed by atoms with Crippen molar-refractivity contribution < 1.29 is 23.5 Å². The third kappa shape index (κ3) is 3.89. The largest absolute Gasteiger partial charge is 0.481 e. The first kappa shape index (κ1) is 13.8. The van der Waals surface area contributed by atoms with Crippen LogP contribution in [0.2, 0.25) is 0 Å². The maximum Gasteiger partial charge on any atom is 0.359 e. The van der Waals surface area contributed by atoms with Gasteiger partial charge >= 0.3 is 10.8 Å². The second-order valence-corrected chi connectivity index (χ2v) is 4.42. The van der Waals surface area contributed by atoms with Crippen molar-refractivity contribution in [1.82, 2.24) is 0 Å². The number of benzene rings is 1. The lowest BCUT2D eigenvalue weighted by Crippen LogP contribution is -2.29. The molecule has 0 saturated heterocycles. The van der Waals surface area contributed by atoms with Gasteiger partial charge in [-0.2, -0.15) is 8.78 Å². The molecule has 0 radical (unpaired) electrons. The minimum absolute atomic E-state index is 0.263. The van der Waals surface area contributed by atoms with Crippen molar-refractivity contribution in [1.29, 1.82) is 0 Å². The minimum atomic E-state index is -3.72. The molecule has 0 aliphatic heterocycles. The van der Waals surface area contributed by atoms with Gasteiger partial charge in [0.15, 0.2) is 0 Å². The van der Waals surface area contributed by atoms with E-state index in [-0.39, 0.29) is 5.56 Å². The van der Waals surface area contributed by atoms with E-state index in [1.54, 1.807) is 18.2 Å². The Hall–Kier alpha value is -1.30. The van der Waals surface area contributed by atoms with Crippen LogP contribution in [-0.2, 0) is 9.59 Å². The summed E-state index contributed by atoms with van der Waals surface area (Å²) in [6, 6.07) is 7.67. The number of rotatable bonds is 5. The van der Waals surface area contributed by atoms with E-state index >= 15 is 0 Å². The Balaban J connectivity index is 3.05. The monoisotopic (exact) mass is 306 g/mol. The average molecular weight is 307 g/mol. The third-order valence-electron chi connectivity index (χ3n) is 2.18. The van der Waals surface area contributed by atoms with Crippen LogP contribution in [0.5, 0.6) is 0 Å². The van der Waals surface area contributed by atoms with E-state index in [0.29, 0.717) is 0 Å². The summed E-state index contributed by atoms with van der Waals surface area (Å²) < 4.78 is 25.8. The molecule has 17 heavy (non-hydrogen) atoms. The number of hydrogen-bond acceptors (Lipinski definition) is 2. The lowest BCUT2D eigenvalue weighted by Gasteiger charge is -2.17. The molecule has 0 amide bonds. The van der Waals surface area contributed by atoms with Crippen LogP contribution in [0.25, 0.3) is 0 Å². The number of hydrogen-bond donors (Lipinski definition) is 1. The van der Waals surface area contributed by atoms with Gasteiger partial charge in [0.1, 0.15) is 0 Å². The highest BCUT2D eigenvalue weighted by molar-refractivity contribution is 9.10. The smallest absolute Gasteiger partial charge is 0.359 e. The fourth-order valence-electron chi connectivity index (χ4n) is 1.42. The Morgan fingerprint density at radius 3 is 2.24 bits per heavy atom. The van der Waals surface area contributed by atoms with Crippen molar-refractivity contribution in [3.63, 3.8) is 0 Å². The number of Topliss-reactive ketones (excluding diaryl/α,β-unsaturated/α-hetero) is 1. The van der Waals surface area contributed by atoms with Gasteiger partial charge in [-0.1, -0.05) is 30.3 Å². The molecule has 6 heteroatoms. The number of carboxylic acids is 1. The molecule has 3 nitrogen and oxygen atoms in total. The summed E-state index contributed by atoms with van der Waals surface area (Å²) in [5.41, 5.74) is 0.263. The lowest BCUT2D eigenvalue weighted by molar-refractivity contribution is -0.142. The van der Waals surface area contributed by atoms with E-state index in [1.807, 2.05) is 15.9 Å². The quantitative estimate of drug-likeness (QED) is 0.851. The maximum atomic E-state index is 12.9. The number of carboxylic acid groups (broad SMARTS) is 1. The zero-order valence-electron chi connectivity index (χ0n) is 8.57. The van der Waals surface area contributed by atoms with Crippen molar-refractivity contribution in [3.8, 4) is 0 Å². The summed E-state index contributed by atoms with van der Waals surface area (Å²) in [4.78, 5) is 18.3. The van der Waals surface area contributed by atoms with E-state index in [0.717, 1.165) is 0 Å². The molecule has 0 heterocycles. The Labute approximate surface area is 105 Å². The van der Waals surface area contributed by atoms with Crippen LogP contribution in [0.3, 0.4) is 0 Å². The van der Waals surface area contributed by atoms with Gasteiger partial charge in [-0.05, 0) is 21.5 Å². The molecule has 0 bridgehead atoms. The Morgan fingerprint density at radius 1 is 1.29 bits per heavy atom. The van der Waals surface area contributed by atoms with Gasteiger partial charge in [-0.3, -0.25) is 9.59 Å². The van der Waals surface area contributed by atoms with E-state index in [1.165, 1.54) is 12.1 Å². The van der Waals surface area contributed by atoms with E-state index in [9.17, 15) is 18.4 Å². The predicted molar refractivity (Wildman–Crippen MR) is 60.3 cm³/mol. The summed E-state index contributed by atoms with van der Waals surface area (Å²) >= 11 is 1.96. The minimum Gasteiger partial charge on any atom is -0.481 e. The average Bonchev–Trinajstić information content (AvgIpc) is 2.24. The molecule has 1 rings (SSSR count). The van der Waals surface area contributed by atoms with Crippen LogP contribution in [-0.4, -0.2) is 21.7 Å². The molecule has 1 N–H and O–H groups in total. The fourth-order valence-corrected chi connectivity index (χ4v) is 1.70. The predicted octanol–water partition coefficient (Wildman–Crippen LogP) is 2.80. The zero-order valence-corrected chi connectivity index (χ0v) is 10.2. The SMILES string of the molecule is O=C(O)C[C@H](C(=O)C(F)(F)Br)c1ccccc1. The molecule has 0 spiro atoms. The summed E-state index contributed by atoms with van der Waals surface area (Å²) in [5, 5.41) is 8.65. The molecule has 0 saturated carbocycles. The fraction of sp³-hybridized carbons (Fsp3) is 0.273. The topological polar surface area (TPSA) is 54.4 Å². The lowest BCUT2D eigenvalue weighted by atomic mass is 9.92. The van der Waals surface area contributed by atoms with Crippen molar-refractivity contribution >= 4 is 27.7 Å². The van der Waals surface area contributed by atoms with Crippen LogP contribution >= 0.6 is 15.9 Å². The van der Waals surface area contributed by atoms with Gasteiger partial charge in [0.2, 0.25) is 5.78 Å². The molecule has 0 unspecified atom stereocenters. The highest BCUT2D eigenvalue weighted by Gasteiger charge is 2.41. The first-order chi connectivity index (χ1) is 7.82. The van der Waals surface area contributed by atoms with Gasteiger partial charge in [-0.25, -0.2) is 0 Å². The molecule has 1 aromatic carbocycles. The molecule has 0 aromatic heterocycles. The Bertz CT molecular complexity index is 414. The van der Waals surface area contributed by atoms with Crippen LogP contribution < -0.4 is 0 Å². The molecule has 1 atom stereocenters. The Kier molecular flexibility index (Phi) is 4.34. The van der Waals surface area contributed by atoms with E-state index in [4.69, 9.17) is 5.11 Å². The normalized spacial score (nSPS) is 13.1. The molecule has 0 aliphatic rings. The highest BCUT2D eigenvalue weighted by Crippen LogP contribution is 2.33. The van der Waals surface area contributed by atoms with Gasteiger partial charge in [-0.15, -0.1) is 0 Å². The van der Waals surface area contributed by atoms with Crippen LogP contribution in [0.1, 0.15) is 17.9 Å². The van der Waals surface area contributed by atoms with Crippen molar-refractivity contribution in [3.05, 3.63) is 35.9 Å². The zero-order chi connectivity index (χ0) is 13.1. The van der Waals surface area contributed by atoms with Gasteiger partial charge < -0.3 is 5.11 Å². The van der Waals surface area contributed by atoms with Crippen LogP contribution in [0.4, 0.5) is 8.78 Å². The first-order valence-corrected chi connectivity index (χ1v) is 5.49. The molecule has 0 aliphatic carbocycles. The Morgan fingerprint density at radius 2 is 1.82 bits per heavy atom. The molecule has 1 aromatic rings. The van der Waals surface area contributed by atoms with Crippen molar-refractivity contribution in [2.24, 2.45) is 0 Å². The van der Waals surface area contributed by atoms with Gasteiger partial charge in [0, 0.05) is 0 Å². The number of halogens is 3. The second kappa shape index (κ2) is 5.35. The van der Waals surface area contributed by atoms with Gasteiger partial charge in [0.25, 0.3) is 0 Å². The van der Waals surface area contributed by atoms with Crippen LogP contribution in [0.15, 0.2) is 30.3 Å². The summed E-state index contributed by atoms with van der Waals surface area (Å²) in [7, 11) is 0. The molecule has 0 fully saturated rings. The number of carbonyl (C=O) groups is 2. The second-order valence-electron chi connectivity index (χ2n) is 3.42. The van der Waals surface area contributed by atoms with E-state index in [2.05, 4.69) is 0 Å². The first-order valence-electron chi connectivity index (χ1n) is 4.70. The number of carbonyl (C=O) groups excluding carboxylic acids is 1. The van der Waals surface area contributed by atoms with Crippen LogP contribution in [0, 0.1) is 0 Å². The number of aliphatic carboxylic acids is 1. The third-order valence-corrected chi connectivity index (χ3v) is 2.57. The number of ketones is 1. The summed E-state index contributed by atoms with van der Waals surface area (Å²) in [5.74, 6) is -4.11. The standard InChI is InChI=1S/C11H9BrF2O3/c12-11(13,14)10(17)8(6-9(15)16)7-4-2-1-3-5-7/h1-5,8H,6H2,(H,15,16)/t8-/m0/s1. The van der Waals surface area contributed by atoms with Crippen molar-refractivity contribution in [2.45, 2.75) is 17.2 Å². The van der Waals surface area contributed by atoms with E-state index < -0.39 is 28.9 Å². The molecule has 92 valence electrons. The highest BCUT2D eigenvalue weighted by atomic mass is 79.9. The van der Waals surface area contributed by atoms with Crippen molar-refractivity contribution in [2.75, 3.05) is 0 Å². The van der Waals surface area contributed by atoms with Gasteiger partial charge in [0.05, 0.1) is 12.3 Å². The number of alkyl halides is 3. The molecular formula is C11H9BrF2O3. The summed E-state index contributed by atoms with van der Waals surface area (Å²) in [6.45, 7) is 0. The maximum absolute atomic E-state index is 12.9.